The monoisotopic (exact) mass is 345 g/mol. The van der Waals surface area contributed by atoms with E-state index in [9.17, 15) is 4.79 Å². The van der Waals surface area contributed by atoms with Crippen molar-refractivity contribution in [2.75, 3.05) is 0 Å². The van der Waals surface area contributed by atoms with Gasteiger partial charge in [-0.2, -0.15) is 0 Å². The van der Waals surface area contributed by atoms with Gasteiger partial charge in [0.15, 0.2) is 0 Å². The molecular weight excluding hydrogens is 329 g/mol. The van der Waals surface area contributed by atoms with E-state index >= 15 is 0 Å². The van der Waals surface area contributed by atoms with Gasteiger partial charge in [-0.1, -0.05) is 53.6 Å². The SMILES string of the molecule is O=C(NC1CCCCC1I)Oc1ccccc1. The highest BCUT2D eigenvalue weighted by Gasteiger charge is 2.24. The Morgan fingerprint density at radius 2 is 1.94 bits per heavy atom. The number of halogens is 1. The molecule has 1 aliphatic rings. The minimum absolute atomic E-state index is 0.251. The Balaban J connectivity index is 1.84. The Bertz CT molecular complexity index is 369. The zero-order chi connectivity index (χ0) is 12.1. The van der Waals surface area contributed by atoms with Crippen molar-refractivity contribution in [2.24, 2.45) is 0 Å². The molecule has 2 unspecified atom stereocenters. The highest BCUT2D eigenvalue weighted by atomic mass is 127. The van der Waals surface area contributed by atoms with Gasteiger partial charge in [0.05, 0.1) is 0 Å². The summed E-state index contributed by atoms with van der Waals surface area (Å²) in [6, 6.07) is 9.41. The van der Waals surface area contributed by atoms with Crippen molar-refractivity contribution in [3.63, 3.8) is 0 Å². The number of para-hydroxylation sites is 1. The van der Waals surface area contributed by atoms with Crippen LogP contribution in [-0.2, 0) is 0 Å². The number of carbonyl (C=O) groups is 1. The summed E-state index contributed by atoms with van der Waals surface area (Å²) in [5.41, 5.74) is 0. The summed E-state index contributed by atoms with van der Waals surface area (Å²) in [5.74, 6) is 0.589. The summed E-state index contributed by atoms with van der Waals surface area (Å²) in [6.45, 7) is 0. The van der Waals surface area contributed by atoms with Crippen LogP contribution in [0.2, 0.25) is 0 Å². The molecule has 0 heterocycles. The normalized spacial score (nSPS) is 24.1. The standard InChI is InChI=1S/C13H16INO2/c14-11-8-4-5-9-12(11)15-13(16)17-10-6-2-1-3-7-10/h1-3,6-7,11-12H,4-5,8-9H2,(H,15,16). The molecule has 0 radical (unpaired) electrons. The number of amides is 1. The molecule has 1 saturated carbocycles. The molecule has 0 spiro atoms. The van der Waals surface area contributed by atoms with Gasteiger partial charge in [0, 0.05) is 9.97 Å². The van der Waals surface area contributed by atoms with E-state index in [-0.39, 0.29) is 12.1 Å². The summed E-state index contributed by atoms with van der Waals surface area (Å²) in [4.78, 5) is 11.7. The fourth-order valence-electron chi connectivity index (χ4n) is 2.02. The minimum Gasteiger partial charge on any atom is -0.410 e. The lowest BCUT2D eigenvalue weighted by molar-refractivity contribution is 0.193. The first-order chi connectivity index (χ1) is 8.25. The second kappa shape index (κ2) is 6.23. The van der Waals surface area contributed by atoms with Crippen LogP contribution in [0.3, 0.4) is 0 Å². The van der Waals surface area contributed by atoms with Crippen LogP contribution in [0.1, 0.15) is 25.7 Å². The largest absolute Gasteiger partial charge is 0.412 e. The molecule has 1 N–H and O–H groups in total. The molecule has 92 valence electrons. The topological polar surface area (TPSA) is 38.3 Å². The van der Waals surface area contributed by atoms with Crippen molar-refractivity contribution in [3.05, 3.63) is 30.3 Å². The predicted octanol–water partition coefficient (Wildman–Crippen LogP) is 3.52. The third kappa shape index (κ3) is 3.87. The number of nitrogens with one attached hydrogen (secondary N) is 1. The van der Waals surface area contributed by atoms with Crippen molar-refractivity contribution >= 4 is 28.7 Å². The molecule has 1 amide bonds. The molecular formula is C13H16INO2. The molecule has 1 aliphatic carbocycles. The van der Waals surface area contributed by atoms with Gasteiger partial charge in [0.2, 0.25) is 0 Å². The smallest absolute Gasteiger partial charge is 0.410 e. The van der Waals surface area contributed by atoms with E-state index < -0.39 is 0 Å². The van der Waals surface area contributed by atoms with E-state index in [1.165, 1.54) is 19.3 Å². The lowest BCUT2D eigenvalue weighted by atomic mass is 9.96. The second-order valence-corrected chi connectivity index (χ2v) is 5.85. The van der Waals surface area contributed by atoms with E-state index in [4.69, 9.17) is 4.74 Å². The Morgan fingerprint density at radius 3 is 2.65 bits per heavy atom. The zero-order valence-corrected chi connectivity index (χ0v) is 11.7. The van der Waals surface area contributed by atoms with Crippen molar-refractivity contribution in [2.45, 2.75) is 35.6 Å². The fraction of sp³-hybridized carbons (Fsp3) is 0.462. The quantitative estimate of drug-likeness (QED) is 0.658. The van der Waals surface area contributed by atoms with Gasteiger partial charge in [-0.05, 0) is 25.0 Å². The first kappa shape index (κ1) is 12.7. The number of carbonyl (C=O) groups excluding carboxylic acids is 1. The number of benzene rings is 1. The minimum atomic E-state index is -0.343. The molecule has 2 rings (SSSR count). The van der Waals surface area contributed by atoms with E-state index in [1.54, 1.807) is 12.1 Å². The molecule has 1 aromatic carbocycles. The average Bonchev–Trinajstić information content (AvgIpc) is 2.33. The van der Waals surface area contributed by atoms with Gasteiger partial charge in [-0.25, -0.2) is 4.79 Å². The van der Waals surface area contributed by atoms with Gasteiger partial charge in [0.25, 0.3) is 0 Å². The van der Waals surface area contributed by atoms with Gasteiger partial charge in [0.1, 0.15) is 5.75 Å². The number of rotatable bonds is 2. The van der Waals surface area contributed by atoms with Crippen LogP contribution >= 0.6 is 22.6 Å². The van der Waals surface area contributed by atoms with E-state index in [0.717, 1.165) is 6.42 Å². The molecule has 0 saturated heterocycles. The van der Waals surface area contributed by atoms with Crippen LogP contribution in [0.4, 0.5) is 4.79 Å². The summed E-state index contributed by atoms with van der Waals surface area (Å²) < 4.78 is 5.73. The third-order valence-corrected chi connectivity index (χ3v) is 4.43. The number of hydrogen-bond acceptors (Lipinski definition) is 2. The Morgan fingerprint density at radius 1 is 1.24 bits per heavy atom. The molecule has 4 heteroatoms. The molecule has 0 aliphatic heterocycles. The lowest BCUT2D eigenvalue weighted by Gasteiger charge is -2.27. The summed E-state index contributed by atoms with van der Waals surface area (Å²) in [7, 11) is 0. The van der Waals surface area contributed by atoms with Crippen LogP contribution in [0.25, 0.3) is 0 Å². The zero-order valence-electron chi connectivity index (χ0n) is 9.56. The van der Waals surface area contributed by atoms with Crippen molar-refractivity contribution < 1.29 is 9.53 Å². The number of ether oxygens (including phenoxy) is 1. The average molecular weight is 345 g/mol. The van der Waals surface area contributed by atoms with Crippen molar-refractivity contribution in [3.8, 4) is 5.75 Å². The van der Waals surface area contributed by atoms with Gasteiger partial charge >= 0.3 is 6.09 Å². The first-order valence-corrected chi connectivity index (χ1v) is 7.18. The maximum absolute atomic E-state index is 11.7. The highest BCUT2D eigenvalue weighted by molar-refractivity contribution is 14.1. The summed E-state index contributed by atoms with van der Waals surface area (Å²) >= 11 is 2.41. The van der Waals surface area contributed by atoms with Crippen LogP contribution in [0.5, 0.6) is 5.75 Å². The predicted molar refractivity (Wildman–Crippen MR) is 75.7 cm³/mol. The van der Waals surface area contributed by atoms with Gasteiger partial charge in [-0.3, -0.25) is 0 Å². The van der Waals surface area contributed by atoms with Crippen LogP contribution < -0.4 is 10.1 Å². The van der Waals surface area contributed by atoms with Gasteiger partial charge in [-0.15, -0.1) is 0 Å². The molecule has 0 bridgehead atoms. The van der Waals surface area contributed by atoms with E-state index in [2.05, 4.69) is 27.9 Å². The summed E-state index contributed by atoms with van der Waals surface area (Å²) in [5, 5.41) is 2.95. The lowest BCUT2D eigenvalue weighted by Crippen LogP contribution is -2.43. The third-order valence-electron chi connectivity index (χ3n) is 2.94. The maximum atomic E-state index is 11.7. The van der Waals surface area contributed by atoms with E-state index in [1.807, 2.05) is 18.2 Å². The number of hydrogen-bond donors (Lipinski definition) is 1. The van der Waals surface area contributed by atoms with Gasteiger partial charge < -0.3 is 10.1 Å². The molecule has 0 aromatic heterocycles. The second-order valence-electron chi connectivity index (χ2n) is 4.25. The Kier molecular flexibility index (Phi) is 4.65. The first-order valence-electron chi connectivity index (χ1n) is 5.93. The van der Waals surface area contributed by atoms with Crippen LogP contribution in [0, 0.1) is 0 Å². The maximum Gasteiger partial charge on any atom is 0.412 e. The Labute approximate surface area is 115 Å². The van der Waals surface area contributed by atoms with Crippen LogP contribution in [0.15, 0.2) is 30.3 Å². The highest BCUT2D eigenvalue weighted by Crippen LogP contribution is 2.25. The van der Waals surface area contributed by atoms with Crippen molar-refractivity contribution in [1.82, 2.24) is 5.32 Å². The number of alkyl halides is 1. The Hall–Kier alpha value is -0.780. The molecule has 2 atom stereocenters. The fourth-order valence-corrected chi connectivity index (χ4v) is 3.00. The molecule has 1 fully saturated rings. The van der Waals surface area contributed by atoms with E-state index in [0.29, 0.717) is 9.67 Å². The summed E-state index contributed by atoms with van der Waals surface area (Å²) in [6.07, 6.45) is 4.34. The molecule has 17 heavy (non-hydrogen) atoms. The van der Waals surface area contributed by atoms with Crippen LogP contribution in [-0.4, -0.2) is 16.1 Å². The molecule has 1 aromatic rings. The van der Waals surface area contributed by atoms with Crippen molar-refractivity contribution in [1.29, 1.82) is 0 Å². The molecule has 3 nitrogen and oxygen atoms in total.